The molecule has 0 aliphatic carbocycles. The number of hydrogen-bond acceptors (Lipinski definition) is 7. The summed E-state index contributed by atoms with van der Waals surface area (Å²) in [5, 5.41) is 31.1. The van der Waals surface area contributed by atoms with Gasteiger partial charge in [-0.05, 0) is 29.8 Å². The van der Waals surface area contributed by atoms with Crippen LogP contribution in [0.15, 0.2) is 48.9 Å². The van der Waals surface area contributed by atoms with E-state index in [1.807, 2.05) is 12.1 Å². The average Bonchev–Trinajstić information content (AvgIpc) is 3.53. The van der Waals surface area contributed by atoms with Crippen LogP contribution < -0.4 is 0 Å². The zero-order valence-electron chi connectivity index (χ0n) is 17.8. The van der Waals surface area contributed by atoms with E-state index in [-0.39, 0.29) is 12.4 Å². The van der Waals surface area contributed by atoms with Gasteiger partial charge in [0.15, 0.2) is 11.5 Å². The molecule has 0 saturated heterocycles. The zero-order chi connectivity index (χ0) is 23.4. The maximum Gasteiger partial charge on any atom is 0.161 e. The number of phenolic OH excluding ortho intramolecular Hbond substituents is 1. The highest BCUT2D eigenvalue weighted by Gasteiger charge is 2.19. The summed E-state index contributed by atoms with van der Waals surface area (Å²) in [5.74, 6) is -0.291. The van der Waals surface area contributed by atoms with Crippen molar-refractivity contribution in [3.8, 4) is 39.7 Å². The number of aliphatic hydroxyl groups is 1. The van der Waals surface area contributed by atoms with Gasteiger partial charge >= 0.3 is 0 Å². The molecule has 6 rings (SSSR count). The molecular weight excluding hydrogens is 439 g/mol. The Hall–Kier alpha value is -4.64. The van der Waals surface area contributed by atoms with E-state index in [9.17, 15) is 14.6 Å². The first-order valence-corrected chi connectivity index (χ1v) is 10.3. The molecule has 0 radical (unpaired) electrons. The van der Waals surface area contributed by atoms with Crippen LogP contribution in [0.3, 0.4) is 0 Å². The average molecular weight is 456 g/mol. The van der Waals surface area contributed by atoms with Crippen molar-refractivity contribution < 1.29 is 14.6 Å². The number of pyridine rings is 2. The molecule has 34 heavy (non-hydrogen) atoms. The lowest BCUT2D eigenvalue weighted by Crippen LogP contribution is -1.92. The molecule has 0 spiro atoms. The molecule has 0 fully saturated rings. The minimum absolute atomic E-state index is 0.185. The first kappa shape index (κ1) is 20.0. The Morgan fingerprint density at radius 1 is 1.03 bits per heavy atom. The van der Waals surface area contributed by atoms with Crippen LogP contribution in [0, 0.1) is 5.82 Å². The van der Waals surface area contributed by atoms with Crippen LogP contribution in [0.25, 0.3) is 56.0 Å². The van der Waals surface area contributed by atoms with Crippen LogP contribution in [-0.4, -0.2) is 50.1 Å². The highest BCUT2D eigenvalue weighted by Crippen LogP contribution is 2.33. The predicted octanol–water partition coefficient (Wildman–Crippen LogP) is 3.30. The van der Waals surface area contributed by atoms with E-state index < -0.39 is 5.82 Å². The molecule has 0 aliphatic rings. The standard InChI is InChI=1S/C23H17FN8O2/c1-32-9-15(19(10-33)31-32)16-2-3-17-21(26-16)22(30-29-17)23-27-18-8-25-7-14(20(18)28-23)11-4-12(24)6-13(34)5-11/h2-9,33-34H,10H2,1H3,(H,27,28)(H,29,30). The van der Waals surface area contributed by atoms with E-state index in [1.54, 1.807) is 30.3 Å². The second-order valence-electron chi connectivity index (χ2n) is 7.85. The van der Waals surface area contributed by atoms with E-state index in [2.05, 4.69) is 25.3 Å². The first-order valence-electron chi connectivity index (χ1n) is 10.3. The summed E-state index contributed by atoms with van der Waals surface area (Å²) in [4.78, 5) is 16.9. The summed E-state index contributed by atoms with van der Waals surface area (Å²) in [6.45, 7) is -0.205. The number of imidazole rings is 1. The smallest absolute Gasteiger partial charge is 0.161 e. The fourth-order valence-corrected chi connectivity index (χ4v) is 4.07. The van der Waals surface area contributed by atoms with Crippen molar-refractivity contribution >= 4 is 22.1 Å². The number of H-pyrrole nitrogens is 2. The fourth-order valence-electron chi connectivity index (χ4n) is 4.07. The Kier molecular flexibility index (Phi) is 4.39. The third kappa shape index (κ3) is 3.18. The van der Waals surface area contributed by atoms with Gasteiger partial charge in [-0.15, -0.1) is 0 Å². The van der Waals surface area contributed by atoms with Crippen molar-refractivity contribution in [2.24, 2.45) is 7.05 Å². The van der Waals surface area contributed by atoms with Crippen molar-refractivity contribution in [2.45, 2.75) is 6.61 Å². The summed E-state index contributed by atoms with van der Waals surface area (Å²) < 4.78 is 15.5. The molecule has 0 saturated carbocycles. The van der Waals surface area contributed by atoms with Crippen LogP contribution in [0.2, 0.25) is 0 Å². The molecular formula is C23H17FN8O2. The molecule has 0 bridgehead atoms. The quantitative estimate of drug-likeness (QED) is 0.319. The minimum atomic E-state index is -0.560. The Morgan fingerprint density at radius 3 is 2.74 bits per heavy atom. The SMILES string of the molecule is Cn1cc(-c2ccc3[nH]nc(-c4nc5c(-c6cc(O)cc(F)c6)cncc5[nH]4)c3n2)c(CO)n1. The van der Waals surface area contributed by atoms with E-state index >= 15 is 0 Å². The second-order valence-corrected chi connectivity index (χ2v) is 7.85. The highest BCUT2D eigenvalue weighted by atomic mass is 19.1. The van der Waals surface area contributed by atoms with Gasteiger partial charge in [0.05, 0.1) is 40.7 Å². The summed E-state index contributed by atoms with van der Waals surface area (Å²) >= 11 is 0. The van der Waals surface area contributed by atoms with E-state index in [0.29, 0.717) is 56.1 Å². The van der Waals surface area contributed by atoms with Crippen LogP contribution in [0.1, 0.15) is 5.69 Å². The lowest BCUT2D eigenvalue weighted by Gasteiger charge is -2.03. The number of fused-ring (bicyclic) bond motifs is 2. The second kappa shape index (κ2) is 7.46. The molecule has 11 heteroatoms. The molecule has 4 N–H and O–H groups in total. The summed E-state index contributed by atoms with van der Waals surface area (Å²) in [7, 11) is 1.78. The number of hydrogen-bond donors (Lipinski definition) is 4. The topological polar surface area (TPSA) is 141 Å². The third-order valence-electron chi connectivity index (χ3n) is 5.55. The van der Waals surface area contributed by atoms with Gasteiger partial charge in [-0.3, -0.25) is 14.8 Å². The normalized spacial score (nSPS) is 11.6. The van der Waals surface area contributed by atoms with E-state index in [0.717, 1.165) is 11.6 Å². The number of phenols is 1. The van der Waals surface area contributed by atoms with Gasteiger partial charge in [0, 0.05) is 36.6 Å². The Labute approximate surface area is 190 Å². The lowest BCUT2D eigenvalue weighted by molar-refractivity contribution is 0.276. The van der Waals surface area contributed by atoms with Gasteiger partial charge in [-0.25, -0.2) is 14.4 Å². The van der Waals surface area contributed by atoms with Gasteiger partial charge in [-0.2, -0.15) is 10.2 Å². The minimum Gasteiger partial charge on any atom is -0.508 e. The van der Waals surface area contributed by atoms with E-state index in [1.165, 1.54) is 12.1 Å². The number of nitrogens with zero attached hydrogens (tertiary/aromatic N) is 6. The number of benzene rings is 1. The van der Waals surface area contributed by atoms with Crippen LogP contribution >= 0.6 is 0 Å². The van der Waals surface area contributed by atoms with Crippen molar-refractivity contribution in [3.05, 3.63) is 60.4 Å². The largest absolute Gasteiger partial charge is 0.508 e. The van der Waals surface area contributed by atoms with Gasteiger partial charge in [-0.1, -0.05) is 0 Å². The number of rotatable bonds is 4. The van der Waals surface area contributed by atoms with Crippen LogP contribution in [-0.2, 0) is 13.7 Å². The predicted molar refractivity (Wildman–Crippen MR) is 122 cm³/mol. The van der Waals surface area contributed by atoms with Crippen LogP contribution in [0.5, 0.6) is 5.75 Å². The van der Waals surface area contributed by atoms with Gasteiger partial charge < -0.3 is 15.2 Å². The maximum atomic E-state index is 13.9. The van der Waals surface area contributed by atoms with Gasteiger partial charge in [0.25, 0.3) is 0 Å². The van der Waals surface area contributed by atoms with Crippen LogP contribution in [0.4, 0.5) is 4.39 Å². The first-order chi connectivity index (χ1) is 16.5. The highest BCUT2D eigenvalue weighted by molar-refractivity contribution is 5.96. The molecule has 1 aromatic carbocycles. The van der Waals surface area contributed by atoms with Gasteiger partial charge in [0.1, 0.15) is 17.1 Å². The third-order valence-corrected chi connectivity index (χ3v) is 5.55. The number of aromatic nitrogens is 8. The van der Waals surface area contributed by atoms with Crippen molar-refractivity contribution in [1.29, 1.82) is 0 Å². The zero-order valence-corrected chi connectivity index (χ0v) is 17.8. The number of nitrogens with one attached hydrogen (secondary N) is 2. The Bertz CT molecular complexity index is 1680. The lowest BCUT2D eigenvalue weighted by atomic mass is 10.1. The molecule has 6 aromatic rings. The number of aryl methyl sites for hydroxylation is 1. The summed E-state index contributed by atoms with van der Waals surface area (Å²) in [6, 6.07) is 7.49. The van der Waals surface area contributed by atoms with Crippen molar-refractivity contribution in [1.82, 2.24) is 39.9 Å². The number of aromatic amines is 2. The molecule has 10 nitrogen and oxygen atoms in total. The maximum absolute atomic E-state index is 13.9. The summed E-state index contributed by atoms with van der Waals surface area (Å²) in [6.07, 6.45) is 4.98. The van der Waals surface area contributed by atoms with Crippen molar-refractivity contribution in [2.75, 3.05) is 0 Å². The molecule has 5 aromatic heterocycles. The number of aromatic hydroxyl groups is 1. The molecule has 5 heterocycles. The molecule has 0 unspecified atom stereocenters. The molecule has 0 amide bonds. The Balaban J connectivity index is 1.51. The number of aliphatic hydroxyl groups excluding tert-OH is 1. The van der Waals surface area contributed by atoms with E-state index in [4.69, 9.17) is 9.97 Å². The van der Waals surface area contributed by atoms with Crippen molar-refractivity contribution in [3.63, 3.8) is 0 Å². The summed E-state index contributed by atoms with van der Waals surface area (Å²) in [5.41, 5.74) is 5.87. The molecule has 0 atom stereocenters. The number of halogens is 1. The van der Waals surface area contributed by atoms with Gasteiger partial charge in [0.2, 0.25) is 0 Å². The fraction of sp³-hybridized carbons (Fsp3) is 0.0870. The molecule has 168 valence electrons. The monoisotopic (exact) mass is 456 g/mol. The molecule has 0 aliphatic heterocycles. The Morgan fingerprint density at radius 2 is 1.91 bits per heavy atom.